The van der Waals surface area contributed by atoms with Crippen molar-refractivity contribution in [1.82, 2.24) is 0 Å². The quantitative estimate of drug-likeness (QED) is 0.710. The predicted octanol–water partition coefficient (Wildman–Crippen LogP) is 2.21. The van der Waals surface area contributed by atoms with Gasteiger partial charge in [-0.15, -0.1) is 0 Å². The van der Waals surface area contributed by atoms with E-state index >= 15 is 0 Å². The lowest BCUT2D eigenvalue weighted by molar-refractivity contribution is -0.116. The topological polar surface area (TPSA) is 55.1 Å². The normalized spacial score (nSPS) is 10.1. The van der Waals surface area contributed by atoms with Crippen molar-refractivity contribution in [2.75, 3.05) is 11.9 Å². The van der Waals surface area contributed by atoms with Gasteiger partial charge in [0.15, 0.2) is 0 Å². The van der Waals surface area contributed by atoms with Crippen molar-refractivity contribution in [2.45, 2.75) is 25.7 Å². The Kier molecular flexibility index (Phi) is 5.25. The fourth-order valence-corrected chi connectivity index (χ4v) is 1.75. The molecule has 1 aromatic heterocycles. The van der Waals surface area contributed by atoms with Crippen molar-refractivity contribution in [3.63, 3.8) is 0 Å². The molecule has 4 heteroatoms. The number of nitrogens with two attached hydrogens (primary N) is 1. The number of nitrogens with one attached hydrogen (secondary N) is 1. The monoisotopic (exact) mass is 212 g/mol. The van der Waals surface area contributed by atoms with Gasteiger partial charge in [0.25, 0.3) is 0 Å². The number of hydrogen-bond acceptors (Lipinski definition) is 3. The lowest BCUT2D eigenvalue weighted by atomic mass is 10.2. The Hall–Kier alpha value is -0.870. The summed E-state index contributed by atoms with van der Waals surface area (Å²) in [4.78, 5) is 11.3. The smallest absolute Gasteiger partial charge is 0.224 e. The van der Waals surface area contributed by atoms with Crippen molar-refractivity contribution in [1.29, 1.82) is 0 Å². The second-order valence-corrected chi connectivity index (χ2v) is 3.94. The standard InChI is InChI=1S/C10H16N2OS/c11-6-3-1-2-4-10(13)12-9-5-7-14-8-9/h5,7-8H,1-4,6,11H2,(H,12,13). The molecule has 0 aliphatic heterocycles. The number of hydrogen-bond donors (Lipinski definition) is 2. The Morgan fingerprint density at radius 1 is 1.43 bits per heavy atom. The lowest BCUT2D eigenvalue weighted by Crippen LogP contribution is -2.10. The highest BCUT2D eigenvalue weighted by Crippen LogP contribution is 2.12. The van der Waals surface area contributed by atoms with E-state index in [1.165, 1.54) is 0 Å². The van der Waals surface area contributed by atoms with Crippen LogP contribution in [-0.2, 0) is 4.79 Å². The van der Waals surface area contributed by atoms with E-state index < -0.39 is 0 Å². The molecule has 0 aliphatic rings. The second-order valence-electron chi connectivity index (χ2n) is 3.16. The molecule has 0 aromatic carbocycles. The van der Waals surface area contributed by atoms with Crippen molar-refractivity contribution in [3.8, 4) is 0 Å². The molecule has 0 atom stereocenters. The minimum absolute atomic E-state index is 0.0976. The Balaban J connectivity index is 2.11. The Labute approximate surface area is 88.3 Å². The van der Waals surface area contributed by atoms with E-state index in [0.29, 0.717) is 13.0 Å². The van der Waals surface area contributed by atoms with Crippen LogP contribution in [0.4, 0.5) is 5.69 Å². The lowest BCUT2D eigenvalue weighted by Gasteiger charge is -2.01. The van der Waals surface area contributed by atoms with E-state index in [4.69, 9.17) is 5.73 Å². The third-order valence-corrected chi connectivity index (χ3v) is 2.60. The van der Waals surface area contributed by atoms with Gasteiger partial charge in [0.05, 0.1) is 5.69 Å². The number of anilines is 1. The number of rotatable bonds is 6. The maximum Gasteiger partial charge on any atom is 0.224 e. The third-order valence-electron chi connectivity index (χ3n) is 1.91. The maximum absolute atomic E-state index is 11.3. The molecule has 1 heterocycles. The largest absolute Gasteiger partial charge is 0.330 e. The average molecular weight is 212 g/mol. The zero-order valence-corrected chi connectivity index (χ0v) is 8.98. The van der Waals surface area contributed by atoms with Gasteiger partial charge in [0.1, 0.15) is 0 Å². The first-order chi connectivity index (χ1) is 6.83. The Bertz CT molecular complexity index is 259. The molecular weight excluding hydrogens is 196 g/mol. The van der Waals surface area contributed by atoms with Crippen LogP contribution in [0.15, 0.2) is 16.8 Å². The van der Waals surface area contributed by atoms with Crippen LogP contribution in [0.2, 0.25) is 0 Å². The van der Waals surface area contributed by atoms with E-state index in [1.54, 1.807) is 11.3 Å². The van der Waals surface area contributed by atoms with E-state index in [1.807, 2.05) is 16.8 Å². The molecule has 0 bridgehead atoms. The van der Waals surface area contributed by atoms with Crippen LogP contribution in [0.25, 0.3) is 0 Å². The SMILES string of the molecule is NCCCCCC(=O)Nc1ccsc1. The van der Waals surface area contributed by atoms with Gasteiger partial charge in [-0.2, -0.15) is 11.3 Å². The molecule has 78 valence electrons. The van der Waals surface area contributed by atoms with E-state index in [2.05, 4.69) is 5.32 Å². The van der Waals surface area contributed by atoms with Gasteiger partial charge in [0, 0.05) is 11.8 Å². The van der Waals surface area contributed by atoms with Crippen LogP contribution >= 0.6 is 11.3 Å². The highest BCUT2D eigenvalue weighted by Gasteiger charge is 2.01. The number of unbranched alkanes of at least 4 members (excludes halogenated alkanes) is 2. The molecule has 0 fully saturated rings. The Morgan fingerprint density at radius 2 is 2.29 bits per heavy atom. The first kappa shape index (κ1) is 11.2. The maximum atomic E-state index is 11.3. The molecule has 1 amide bonds. The molecule has 3 nitrogen and oxygen atoms in total. The zero-order chi connectivity index (χ0) is 10.2. The fraction of sp³-hybridized carbons (Fsp3) is 0.500. The summed E-state index contributed by atoms with van der Waals surface area (Å²) in [7, 11) is 0. The molecule has 14 heavy (non-hydrogen) atoms. The van der Waals surface area contributed by atoms with Gasteiger partial charge in [-0.1, -0.05) is 6.42 Å². The number of thiophene rings is 1. The van der Waals surface area contributed by atoms with Gasteiger partial charge >= 0.3 is 0 Å². The van der Waals surface area contributed by atoms with Crippen LogP contribution in [0.5, 0.6) is 0 Å². The highest BCUT2D eigenvalue weighted by molar-refractivity contribution is 7.08. The Morgan fingerprint density at radius 3 is 2.93 bits per heavy atom. The molecule has 1 aromatic rings. The van der Waals surface area contributed by atoms with E-state index in [-0.39, 0.29) is 5.91 Å². The fourth-order valence-electron chi connectivity index (χ4n) is 1.17. The minimum Gasteiger partial charge on any atom is -0.330 e. The van der Waals surface area contributed by atoms with Crippen LogP contribution in [0.3, 0.4) is 0 Å². The number of amides is 1. The number of carbonyl (C=O) groups excluding carboxylic acids is 1. The predicted molar refractivity (Wildman–Crippen MR) is 60.5 cm³/mol. The van der Waals surface area contributed by atoms with Crippen molar-refractivity contribution in [3.05, 3.63) is 16.8 Å². The summed E-state index contributed by atoms with van der Waals surface area (Å²) in [6, 6.07) is 1.91. The first-order valence-corrected chi connectivity index (χ1v) is 5.79. The molecule has 0 saturated heterocycles. The molecule has 1 rings (SSSR count). The summed E-state index contributed by atoms with van der Waals surface area (Å²) in [6.07, 6.45) is 3.56. The summed E-state index contributed by atoms with van der Waals surface area (Å²) in [5.41, 5.74) is 6.26. The molecule has 0 spiro atoms. The van der Waals surface area contributed by atoms with Gasteiger partial charge in [0.2, 0.25) is 5.91 Å². The summed E-state index contributed by atoms with van der Waals surface area (Å²) in [6.45, 7) is 0.714. The summed E-state index contributed by atoms with van der Waals surface area (Å²) >= 11 is 1.58. The van der Waals surface area contributed by atoms with Crippen LogP contribution in [0, 0.1) is 0 Å². The molecule has 0 radical (unpaired) electrons. The molecule has 0 unspecified atom stereocenters. The van der Waals surface area contributed by atoms with Gasteiger partial charge in [-0.05, 0) is 30.8 Å². The third kappa shape index (κ3) is 4.39. The number of carbonyl (C=O) groups is 1. The summed E-state index contributed by atoms with van der Waals surface area (Å²) in [5.74, 6) is 0.0976. The van der Waals surface area contributed by atoms with Crippen molar-refractivity contribution >= 4 is 22.9 Å². The molecule has 3 N–H and O–H groups in total. The van der Waals surface area contributed by atoms with Gasteiger partial charge in [-0.3, -0.25) is 4.79 Å². The van der Waals surface area contributed by atoms with E-state index in [0.717, 1.165) is 24.9 Å². The van der Waals surface area contributed by atoms with Crippen LogP contribution in [0.1, 0.15) is 25.7 Å². The molecule has 0 aliphatic carbocycles. The zero-order valence-electron chi connectivity index (χ0n) is 8.16. The van der Waals surface area contributed by atoms with Crippen molar-refractivity contribution in [2.24, 2.45) is 5.73 Å². The first-order valence-electron chi connectivity index (χ1n) is 4.85. The van der Waals surface area contributed by atoms with Gasteiger partial charge in [-0.25, -0.2) is 0 Å². The molecule has 0 saturated carbocycles. The van der Waals surface area contributed by atoms with Crippen LogP contribution < -0.4 is 11.1 Å². The second kappa shape index (κ2) is 6.56. The van der Waals surface area contributed by atoms with E-state index in [9.17, 15) is 4.79 Å². The van der Waals surface area contributed by atoms with Crippen LogP contribution in [-0.4, -0.2) is 12.5 Å². The van der Waals surface area contributed by atoms with Crippen molar-refractivity contribution < 1.29 is 4.79 Å². The molecular formula is C10H16N2OS. The minimum atomic E-state index is 0.0976. The summed E-state index contributed by atoms with van der Waals surface area (Å²) < 4.78 is 0. The average Bonchev–Trinajstić information content (AvgIpc) is 2.65. The summed E-state index contributed by atoms with van der Waals surface area (Å²) in [5, 5.41) is 6.72. The van der Waals surface area contributed by atoms with Gasteiger partial charge < -0.3 is 11.1 Å². The highest BCUT2D eigenvalue weighted by atomic mass is 32.1.